The van der Waals surface area contributed by atoms with Crippen LogP contribution in [0.3, 0.4) is 0 Å². The van der Waals surface area contributed by atoms with E-state index in [4.69, 9.17) is 33.7 Å². The number of rotatable bonds is 3. The normalized spacial score (nSPS) is 14.7. The van der Waals surface area contributed by atoms with Gasteiger partial charge in [0.2, 0.25) is 0 Å². The second-order valence-electron chi connectivity index (χ2n) is 5.13. The monoisotopic (exact) mass is 385 g/mol. The molecule has 2 aromatic rings. The Morgan fingerprint density at radius 3 is 2.81 bits per heavy atom. The van der Waals surface area contributed by atoms with E-state index in [0.717, 1.165) is 38.4 Å². The first-order valence-electron chi connectivity index (χ1n) is 6.69. The van der Waals surface area contributed by atoms with Crippen LogP contribution in [0.2, 0.25) is 10.0 Å². The lowest BCUT2D eigenvalue weighted by Gasteiger charge is -2.16. The van der Waals surface area contributed by atoms with E-state index in [2.05, 4.69) is 15.9 Å². The average Bonchev–Trinajstić information content (AvgIpc) is 2.89. The van der Waals surface area contributed by atoms with Gasteiger partial charge in [-0.2, -0.15) is 0 Å². The van der Waals surface area contributed by atoms with Crippen LogP contribution >= 0.6 is 39.1 Å². The maximum Gasteiger partial charge on any atom is 0.125 e. The lowest BCUT2D eigenvalue weighted by molar-refractivity contribution is 0.352. The molecule has 21 heavy (non-hydrogen) atoms. The van der Waals surface area contributed by atoms with Crippen molar-refractivity contribution in [2.45, 2.75) is 18.9 Å². The fraction of sp³-hybridized carbons (Fsp3) is 0.250. The number of benzene rings is 2. The molecule has 2 aromatic carbocycles. The van der Waals surface area contributed by atoms with Crippen LogP contribution in [0.25, 0.3) is 0 Å². The number of hydrogen-bond donors (Lipinski definition) is 1. The zero-order valence-corrected chi connectivity index (χ0v) is 14.3. The Balaban J connectivity index is 1.92. The Morgan fingerprint density at radius 2 is 2.00 bits per heavy atom. The van der Waals surface area contributed by atoms with Gasteiger partial charge in [-0.25, -0.2) is 0 Å². The van der Waals surface area contributed by atoms with E-state index in [1.54, 1.807) is 0 Å². The summed E-state index contributed by atoms with van der Waals surface area (Å²) in [4.78, 5) is 0. The summed E-state index contributed by atoms with van der Waals surface area (Å²) in [5, 5.41) is 1.41. The minimum atomic E-state index is -0.176. The van der Waals surface area contributed by atoms with Crippen molar-refractivity contribution < 1.29 is 4.74 Å². The van der Waals surface area contributed by atoms with Crippen molar-refractivity contribution >= 4 is 39.1 Å². The highest BCUT2D eigenvalue weighted by Gasteiger charge is 2.20. The highest BCUT2D eigenvalue weighted by molar-refractivity contribution is 9.10. The van der Waals surface area contributed by atoms with Gasteiger partial charge in [-0.3, -0.25) is 0 Å². The summed E-state index contributed by atoms with van der Waals surface area (Å²) in [6.45, 7) is 0.707. The SMILES string of the molecule is NC(Cc1cc(Cl)cc2c1OCC2)c1cc(Cl)ccc1Br. The third-order valence-corrected chi connectivity index (χ3v) is 4.80. The van der Waals surface area contributed by atoms with E-state index in [1.165, 1.54) is 0 Å². The molecule has 0 saturated heterocycles. The van der Waals surface area contributed by atoms with Crippen LogP contribution < -0.4 is 10.5 Å². The Labute approximate surface area is 142 Å². The second-order valence-corrected chi connectivity index (χ2v) is 6.86. The van der Waals surface area contributed by atoms with Crippen molar-refractivity contribution in [1.82, 2.24) is 0 Å². The van der Waals surface area contributed by atoms with Gasteiger partial charge in [0, 0.05) is 27.0 Å². The molecule has 1 unspecified atom stereocenters. The molecule has 0 spiro atoms. The Morgan fingerprint density at radius 1 is 1.19 bits per heavy atom. The molecule has 1 aliphatic rings. The summed E-state index contributed by atoms with van der Waals surface area (Å²) in [5.41, 5.74) is 9.55. The predicted octanol–water partition coefficient (Wildman–Crippen LogP) is 4.93. The quantitative estimate of drug-likeness (QED) is 0.811. The van der Waals surface area contributed by atoms with Crippen molar-refractivity contribution in [3.63, 3.8) is 0 Å². The summed E-state index contributed by atoms with van der Waals surface area (Å²) in [7, 11) is 0. The lowest BCUT2D eigenvalue weighted by atomic mass is 9.97. The minimum absolute atomic E-state index is 0.176. The van der Waals surface area contributed by atoms with E-state index < -0.39 is 0 Å². The molecule has 3 rings (SSSR count). The van der Waals surface area contributed by atoms with Crippen LogP contribution in [0.4, 0.5) is 0 Å². The van der Waals surface area contributed by atoms with Crippen LogP contribution in [0, 0.1) is 0 Å². The fourth-order valence-electron chi connectivity index (χ4n) is 2.64. The zero-order valence-electron chi connectivity index (χ0n) is 11.2. The maximum absolute atomic E-state index is 6.35. The molecule has 5 heteroatoms. The van der Waals surface area contributed by atoms with Crippen molar-refractivity contribution in [1.29, 1.82) is 0 Å². The topological polar surface area (TPSA) is 35.2 Å². The Kier molecular flexibility index (Phi) is 4.46. The Bertz CT molecular complexity index is 690. The smallest absolute Gasteiger partial charge is 0.125 e. The molecule has 2 N–H and O–H groups in total. The standard InChI is InChI=1S/C16H14BrCl2NO/c17-14-2-1-11(18)8-13(14)15(20)7-10-6-12(19)5-9-3-4-21-16(9)10/h1-2,5-6,8,15H,3-4,7,20H2. The number of ether oxygens (including phenoxy) is 1. The first-order valence-corrected chi connectivity index (χ1v) is 8.24. The highest BCUT2D eigenvalue weighted by Crippen LogP contribution is 2.36. The average molecular weight is 387 g/mol. The molecular formula is C16H14BrCl2NO. The van der Waals surface area contributed by atoms with Gasteiger partial charge in [-0.15, -0.1) is 0 Å². The van der Waals surface area contributed by atoms with Gasteiger partial charge in [0.15, 0.2) is 0 Å². The van der Waals surface area contributed by atoms with Crippen molar-refractivity contribution in [2.75, 3.05) is 6.61 Å². The first-order chi connectivity index (χ1) is 10.0. The first kappa shape index (κ1) is 15.2. The summed E-state index contributed by atoms with van der Waals surface area (Å²) in [5.74, 6) is 0.938. The Hall–Kier alpha value is -0.740. The molecule has 0 aromatic heterocycles. The van der Waals surface area contributed by atoms with Crippen LogP contribution in [0.15, 0.2) is 34.8 Å². The van der Waals surface area contributed by atoms with Gasteiger partial charge in [0.05, 0.1) is 6.61 Å². The molecular weight excluding hydrogens is 373 g/mol. The molecule has 110 valence electrons. The lowest BCUT2D eigenvalue weighted by Crippen LogP contribution is -2.14. The van der Waals surface area contributed by atoms with E-state index in [0.29, 0.717) is 18.1 Å². The van der Waals surface area contributed by atoms with Gasteiger partial charge < -0.3 is 10.5 Å². The molecule has 0 saturated carbocycles. The molecule has 0 aliphatic carbocycles. The van der Waals surface area contributed by atoms with Crippen LogP contribution in [0.1, 0.15) is 22.7 Å². The maximum atomic E-state index is 6.35. The summed E-state index contributed by atoms with van der Waals surface area (Å²) in [6, 6.07) is 9.36. The van der Waals surface area contributed by atoms with Crippen molar-refractivity contribution in [3.8, 4) is 5.75 Å². The number of nitrogens with two attached hydrogens (primary N) is 1. The van der Waals surface area contributed by atoms with Gasteiger partial charge in [-0.05, 0) is 53.4 Å². The number of hydrogen-bond acceptors (Lipinski definition) is 2. The second kappa shape index (κ2) is 6.17. The van der Waals surface area contributed by atoms with Crippen molar-refractivity contribution in [2.24, 2.45) is 5.73 Å². The van der Waals surface area contributed by atoms with E-state index in [1.807, 2.05) is 30.3 Å². The van der Waals surface area contributed by atoms with Gasteiger partial charge in [-0.1, -0.05) is 39.1 Å². The highest BCUT2D eigenvalue weighted by atomic mass is 79.9. The summed E-state index contributed by atoms with van der Waals surface area (Å²) < 4.78 is 6.68. The van der Waals surface area contributed by atoms with Crippen LogP contribution in [-0.2, 0) is 12.8 Å². The minimum Gasteiger partial charge on any atom is -0.493 e. The number of fused-ring (bicyclic) bond motifs is 1. The van der Waals surface area contributed by atoms with Crippen LogP contribution in [-0.4, -0.2) is 6.61 Å². The molecule has 0 fully saturated rings. The third-order valence-electron chi connectivity index (χ3n) is 3.62. The largest absolute Gasteiger partial charge is 0.493 e. The fourth-order valence-corrected chi connectivity index (χ4v) is 3.63. The molecule has 2 nitrogen and oxygen atoms in total. The number of halogens is 3. The van der Waals surface area contributed by atoms with Crippen molar-refractivity contribution in [3.05, 3.63) is 61.5 Å². The molecule has 1 heterocycles. The molecule has 0 radical (unpaired) electrons. The summed E-state index contributed by atoms with van der Waals surface area (Å²) in [6.07, 6.45) is 1.56. The zero-order chi connectivity index (χ0) is 15.0. The third kappa shape index (κ3) is 3.21. The van der Waals surface area contributed by atoms with Gasteiger partial charge in [0.1, 0.15) is 5.75 Å². The van der Waals surface area contributed by atoms with Crippen LogP contribution in [0.5, 0.6) is 5.75 Å². The molecule has 0 amide bonds. The van der Waals surface area contributed by atoms with Gasteiger partial charge in [0.25, 0.3) is 0 Å². The molecule has 1 aliphatic heterocycles. The summed E-state index contributed by atoms with van der Waals surface area (Å²) >= 11 is 15.8. The molecule has 1 atom stereocenters. The van der Waals surface area contributed by atoms with E-state index in [9.17, 15) is 0 Å². The molecule has 0 bridgehead atoms. The van der Waals surface area contributed by atoms with E-state index >= 15 is 0 Å². The predicted molar refractivity (Wildman–Crippen MR) is 90.4 cm³/mol. The van der Waals surface area contributed by atoms with Gasteiger partial charge >= 0.3 is 0 Å². The van der Waals surface area contributed by atoms with E-state index in [-0.39, 0.29) is 6.04 Å².